The van der Waals surface area contributed by atoms with E-state index in [1.54, 1.807) is 0 Å². The van der Waals surface area contributed by atoms with Crippen molar-refractivity contribution in [3.8, 4) is 0 Å². The third kappa shape index (κ3) is 3.39. The first-order valence-corrected chi connectivity index (χ1v) is 6.22. The Kier molecular flexibility index (Phi) is 5.64. The molecule has 88 valence electrons. The lowest BCUT2D eigenvalue weighted by Gasteiger charge is -2.24. The van der Waals surface area contributed by atoms with Crippen LogP contribution in [-0.4, -0.2) is 31.1 Å². The Morgan fingerprint density at radius 3 is 2.31 bits per heavy atom. The molecule has 0 saturated heterocycles. The Labute approximate surface area is 106 Å². The van der Waals surface area contributed by atoms with Crippen molar-refractivity contribution >= 4 is 35.2 Å². The number of anilines is 1. The number of aryl methyl sites for hydroxylation is 1. The van der Waals surface area contributed by atoms with Gasteiger partial charge in [-0.15, -0.1) is 23.2 Å². The second-order valence-corrected chi connectivity index (χ2v) is 4.28. The summed E-state index contributed by atoms with van der Waals surface area (Å²) in [4.78, 5) is 12.8. The van der Waals surface area contributed by atoms with Gasteiger partial charge in [0.15, 0.2) is 0 Å². The van der Waals surface area contributed by atoms with Crippen molar-refractivity contribution in [3.63, 3.8) is 0 Å². The fraction of sp³-hybridized carbons (Fsp3) is 0.417. The monoisotopic (exact) mass is 259 g/mol. The second kappa shape index (κ2) is 6.77. The Hall–Kier alpha value is -0.730. The largest absolute Gasteiger partial charge is 0.369 e. The summed E-state index contributed by atoms with van der Waals surface area (Å²) in [6.45, 7) is 3.50. The number of benzene rings is 1. The van der Waals surface area contributed by atoms with Crippen molar-refractivity contribution in [3.05, 3.63) is 29.3 Å². The third-order valence-electron chi connectivity index (χ3n) is 2.41. The van der Waals surface area contributed by atoms with Crippen molar-refractivity contribution in [2.24, 2.45) is 0 Å². The van der Waals surface area contributed by atoms with E-state index < -0.39 is 0 Å². The Bertz CT molecular complexity index is 349. The molecule has 0 aliphatic heterocycles. The summed E-state index contributed by atoms with van der Waals surface area (Å²) in [5.41, 5.74) is 2.85. The van der Waals surface area contributed by atoms with Crippen molar-refractivity contribution in [1.29, 1.82) is 0 Å². The minimum Gasteiger partial charge on any atom is -0.369 e. The molecule has 0 amide bonds. The highest BCUT2D eigenvalue weighted by Gasteiger charge is 2.08. The maximum atomic E-state index is 10.6. The molecule has 0 radical (unpaired) electrons. The first-order chi connectivity index (χ1) is 7.72. The third-order valence-corrected chi connectivity index (χ3v) is 2.74. The van der Waals surface area contributed by atoms with Crippen LogP contribution in [0, 0.1) is 6.92 Å². The molecule has 2 nitrogen and oxygen atoms in total. The zero-order valence-electron chi connectivity index (χ0n) is 9.25. The predicted molar refractivity (Wildman–Crippen MR) is 70.2 cm³/mol. The fourth-order valence-electron chi connectivity index (χ4n) is 1.66. The average molecular weight is 260 g/mol. The lowest BCUT2D eigenvalue weighted by atomic mass is 10.1. The summed E-state index contributed by atoms with van der Waals surface area (Å²) in [5.74, 6) is 1.12. The van der Waals surface area contributed by atoms with E-state index in [0.717, 1.165) is 30.6 Å². The smallest absolute Gasteiger partial charge is 0.150 e. The van der Waals surface area contributed by atoms with Crippen LogP contribution >= 0.6 is 23.2 Å². The summed E-state index contributed by atoms with van der Waals surface area (Å²) in [6, 6.07) is 5.63. The van der Waals surface area contributed by atoms with E-state index in [-0.39, 0.29) is 0 Å². The lowest BCUT2D eigenvalue weighted by molar-refractivity contribution is 0.112. The van der Waals surface area contributed by atoms with E-state index in [2.05, 4.69) is 4.90 Å². The molecule has 0 spiro atoms. The van der Waals surface area contributed by atoms with Gasteiger partial charge in [0.05, 0.1) is 0 Å². The average Bonchev–Trinajstić information content (AvgIpc) is 2.29. The van der Waals surface area contributed by atoms with Crippen LogP contribution in [0.4, 0.5) is 5.69 Å². The van der Waals surface area contributed by atoms with Crippen LogP contribution in [-0.2, 0) is 0 Å². The van der Waals surface area contributed by atoms with Gasteiger partial charge in [-0.2, -0.15) is 0 Å². The van der Waals surface area contributed by atoms with Gasteiger partial charge in [0, 0.05) is 36.1 Å². The molecule has 0 aliphatic rings. The SMILES string of the molecule is Cc1cc(C=O)ccc1N(CCCl)CCCl. The molecule has 4 heteroatoms. The molecule has 0 atom stereocenters. The number of halogens is 2. The Morgan fingerprint density at radius 2 is 1.88 bits per heavy atom. The highest BCUT2D eigenvalue weighted by molar-refractivity contribution is 6.18. The van der Waals surface area contributed by atoms with Crippen LogP contribution in [0.3, 0.4) is 0 Å². The van der Waals surface area contributed by atoms with Gasteiger partial charge in [0.2, 0.25) is 0 Å². The molecule has 0 aromatic heterocycles. The van der Waals surface area contributed by atoms with Crippen LogP contribution < -0.4 is 4.90 Å². The van der Waals surface area contributed by atoms with Crippen molar-refractivity contribution in [2.45, 2.75) is 6.92 Å². The van der Waals surface area contributed by atoms with Crippen LogP contribution in [0.5, 0.6) is 0 Å². The number of rotatable bonds is 6. The fourth-order valence-corrected chi connectivity index (χ4v) is 2.07. The van der Waals surface area contributed by atoms with Crippen molar-refractivity contribution in [2.75, 3.05) is 29.7 Å². The Morgan fingerprint density at radius 1 is 1.25 bits per heavy atom. The normalized spacial score (nSPS) is 10.2. The van der Waals surface area contributed by atoms with Gasteiger partial charge < -0.3 is 4.90 Å². The zero-order chi connectivity index (χ0) is 12.0. The van der Waals surface area contributed by atoms with Gasteiger partial charge in [0.25, 0.3) is 0 Å². The number of carbonyl (C=O) groups excluding carboxylic acids is 1. The van der Waals surface area contributed by atoms with Gasteiger partial charge in [-0.05, 0) is 30.7 Å². The molecule has 0 fully saturated rings. The summed E-state index contributed by atoms with van der Waals surface area (Å²) in [5, 5.41) is 0. The minimum absolute atomic E-state index is 0.561. The summed E-state index contributed by atoms with van der Waals surface area (Å²) < 4.78 is 0. The first-order valence-electron chi connectivity index (χ1n) is 5.15. The minimum atomic E-state index is 0.561. The molecular formula is C12H15Cl2NO. The molecule has 1 aromatic carbocycles. The highest BCUT2D eigenvalue weighted by Crippen LogP contribution is 2.20. The molecule has 0 unspecified atom stereocenters. The summed E-state index contributed by atoms with van der Waals surface area (Å²) in [6.07, 6.45) is 0.851. The Balaban J connectivity index is 2.94. The molecule has 0 saturated carbocycles. The second-order valence-electron chi connectivity index (χ2n) is 3.53. The van der Waals surface area contributed by atoms with E-state index in [1.165, 1.54) is 0 Å². The number of hydrogen-bond acceptors (Lipinski definition) is 2. The zero-order valence-corrected chi connectivity index (χ0v) is 10.8. The van der Waals surface area contributed by atoms with Crippen molar-refractivity contribution < 1.29 is 4.79 Å². The molecule has 0 aliphatic carbocycles. The summed E-state index contributed by atoms with van der Waals surface area (Å²) >= 11 is 11.5. The van der Waals surface area contributed by atoms with E-state index in [1.807, 2.05) is 25.1 Å². The first kappa shape index (κ1) is 13.3. The lowest BCUT2D eigenvalue weighted by Crippen LogP contribution is -2.28. The van der Waals surface area contributed by atoms with Gasteiger partial charge >= 0.3 is 0 Å². The van der Waals surface area contributed by atoms with Gasteiger partial charge in [-0.3, -0.25) is 4.79 Å². The number of carbonyl (C=O) groups is 1. The topological polar surface area (TPSA) is 20.3 Å². The molecule has 1 aromatic rings. The molecule has 0 bridgehead atoms. The van der Waals surface area contributed by atoms with E-state index in [9.17, 15) is 4.79 Å². The quantitative estimate of drug-likeness (QED) is 0.578. The summed E-state index contributed by atoms with van der Waals surface area (Å²) in [7, 11) is 0. The number of nitrogens with zero attached hydrogens (tertiary/aromatic N) is 1. The standard InChI is InChI=1S/C12H15Cl2NO/c1-10-8-11(9-16)2-3-12(10)15(6-4-13)7-5-14/h2-3,8-9H,4-7H2,1H3. The van der Waals surface area contributed by atoms with Crippen LogP contribution in [0.15, 0.2) is 18.2 Å². The highest BCUT2D eigenvalue weighted by atomic mass is 35.5. The predicted octanol–water partition coefficient (Wildman–Crippen LogP) is 3.09. The number of aldehydes is 1. The molecule has 0 heterocycles. The van der Waals surface area contributed by atoms with E-state index in [0.29, 0.717) is 17.3 Å². The number of hydrogen-bond donors (Lipinski definition) is 0. The van der Waals surface area contributed by atoms with Gasteiger partial charge in [-0.1, -0.05) is 0 Å². The van der Waals surface area contributed by atoms with Crippen LogP contribution in [0.2, 0.25) is 0 Å². The van der Waals surface area contributed by atoms with Crippen LogP contribution in [0.1, 0.15) is 15.9 Å². The van der Waals surface area contributed by atoms with Gasteiger partial charge in [-0.25, -0.2) is 0 Å². The maximum Gasteiger partial charge on any atom is 0.150 e. The van der Waals surface area contributed by atoms with Crippen molar-refractivity contribution in [1.82, 2.24) is 0 Å². The molecule has 0 N–H and O–H groups in total. The molecular weight excluding hydrogens is 245 g/mol. The van der Waals surface area contributed by atoms with Crippen LogP contribution in [0.25, 0.3) is 0 Å². The van der Waals surface area contributed by atoms with E-state index >= 15 is 0 Å². The van der Waals surface area contributed by atoms with Gasteiger partial charge in [0.1, 0.15) is 6.29 Å². The maximum absolute atomic E-state index is 10.6. The molecule has 16 heavy (non-hydrogen) atoms. The van der Waals surface area contributed by atoms with E-state index in [4.69, 9.17) is 23.2 Å². The number of alkyl halides is 2. The molecule has 1 rings (SSSR count).